The number of benzene rings is 1. The van der Waals surface area contributed by atoms with Gasteiger partial charge in [-0.2, -0.15) is 0 Å². The van der Waals surface area contributed by atoms with Gasteiger partial charge in [-0.25, -0.2) is 4.79 Å². The quantitative estimate of drug-likeness (QED) is 0.470. The molecule has 0 bridgehead atoms. The first-order chi connectivity index (χ1) is 9.72. The van der Waals surface area contributed by atoms with Crippen LogP contribution in [0.15, 0.2) is 30.3 Å². The minimum Gasteiger partial charge on any atom is -0.445 e. The van der Waals surface area contributed by atoms with Crippen LogP contribution in [0.25, 0.3) is 0 Å². The summed E-state index contributed by atoms with van der Waals surface area (Å²) in [4.78, 5) is 13.9. The van der Waals surface area contributed by atoms with Gasteiger partial charge >= 0.3 is 6.09 Å². The highest BCUT2D eigenvalue weighted by Crippen LogP contribution is 2.16. The van der Waals surface area contributed by atoms with Crippen molar-refractivity contribution < 1.29 is 14.3 Å². The standard InChI is InChI=1S/C14H17I2NO3/c15-6-12-8-17(9-13(7-16)20-12)14(18)19-10-11-4-2-1-3-5-11/h1-5,12-13H,6-10H2. The number of hydrogen-bond donors (Lipinski definition) is 0. The summed E-state index contributed by atoms with van der Waals surface area (Å²) in [6.45, 7) is 1.55. The van der Waals surface area contributed by atoms with Gasteiger partial charge in [-0.15, -0.1) is 0 Å². The zero-order chi connectivity index (χ0) is 14.4. The van der Waals surface area contributed by atoms with Crippen molar-refractivity contribution in [3.8, 4) is 0 Å². The lowest BCUT2D eigenvalue weighted by Crippen LogP contribution is -2.51. The SMILES string of the molecule is O=C(OCc1ccccc1)N1CC(CI)OC(CI)C1. The number of carbonyl (C=O) groups is 1. The van der Waals surface area contributed by atoms with Gasteiger partial charge in [0.15, 0.2) is 0 Å². The number of amides is 1. The highest BCUT2D eigenvalue weighted by atomic mass is 127. The zero-order valence-electron chi connectivity index (χ0n) is 11.0. The molecule has 20 heavy (non-hydrogen) atoms. The Balaban J connectivity index is 1.87. The van der Waals surface area contributed by atoms with Crippen LogP contribution in [-0.2, 0) is 16.1 Å². The second-order valence-electron chi connectivity index (χ2n) is 4.63. The fourth-order valence-electron chi connectivity index (χ4n) is 2.05. The first-order valence-electron chi connectivity index (χ1n) is 6.46. The molecule has 0 aromatic heterocycles. The molecule has 6 heteroatoms. The van der Waals surface area contributed by atoms with E-state index in [9.17, 15) is 4.79 Å². The second kappa shape index (κ2) is 8.38. The third-order valence-corrected chi connectivity index (χ3v) is 5.01. The lowest BCUT2D eigenvalue weighted by molar-refractivity contribution is -0.0579. The minimum absolute atomic E-state index is 0.105. The van der Waals surface area contributed by atoms with E-state index >= 15 is 0 Å². The summed E-state index contributed by atoms with van der Waals surface area (Å²) in [6.07, 6.45) is -0.0383. The molecule has 1 heterocycles. The molecule has 1 amide bonds. The molecule has 1 fully saturated rings. The van der Waals surface area contributed by atoms with Crippen LogP contribution in [0.5, 0.6) is 0 Å². The van der Waals surface area contributed by atoms with Gasteiger partial charge in [0.05, 0.1) is 25.3 Å². The Kier molecular flexibility index (Phi) is 6.82. The molecule has 2 unspecified atom stereocenters. The van der Waals surface area contributed by atoms with Crippen molar-refractivity contribution in [2.24, 2.45) is 0 Å². The molecule has 2 rings (SSSR count). The third kappa shape index (κ3) is 4.73. The number of ether oxygens (including phenoxy) is 2. The van der Waals surface area contributed by atoms with E-state index in [0.717, 1.165) is 14.4 Å². The zero-order valence-corrected chi connectivity index (χ0v) is 15.3. The maximum atomic E-state index is 12.1. The van der Waals surface area contributed by atoms with Gasteiger partial charge in [0.25, 0.3) is 0 Å². The van der Waals surface area contributed by atoms with E-state index in [1.54, 1.807) is 4.90 Å². The van der Waals surface area contributed by atoms with Crippen LogP contribution in [0, 0.1) is 0 Å². The van der Waals surface area contributed by atoms with E-state index in [4.69, 9.17) is 9.47 Å². The molecule has 110 valence electrons. The highest BCUT2D eigenvalue weighted by molar-refractivity contribution is 14.1. The number of halogens is 2. The summed E-state index contributed by atoms with van der Waals surface area (Å²) < 4.78 is 13.0. The molecule has 0 radical (unpaired) electrons. The van der Waals surface area contributed by atoms with E-state index in [2.05, 4.69) is 45.2 Å². The van der Waals surface area contributed by atoms with Crippen LogP contribution in [0.3, 0.4) is 0 Å². The molecular formula is C14H17I2NO3. The van der Waals surface area contributed by atoms with Gasteiger partial charge < -0.3 is 14.4 Å². The van der Waals surface area contributed by atoms with Crippen LogP contribution >= 0.6 is 45.2 Å². The fourth-order valence-corrected chi connectivity index (χ4v) is 3.03. The van der Waals surface area contributed by atoms with Crippen molar-refractivity contribution in [2.45, 2.75) is 18.8 Å². The molecule has 1 aliphatic heterocycles. The second-order valence-corrected chi connectivity index (χ2v) is 6.40. The number of morpholine rings is 1. The number of nitrogens with zero attached hydrogens (tertiary/aromatic N) is 1. The maximum absolute atomic E-state index is 12.1. The average molecular weight is 501 g/mol. The lowest BCUT2D eigenvalue weighted by Gasteiger charge is -2.36. The van der Waals surface area contributed by atoms with Crippen LogP contribution in [-0.4, -0.2) is 45.1 Å². The molecule has 0 spiro atoms. The first-order valence-corrected chi connectivity index (χ1v) is 9.51. The fraction of sp³-hybridized carbons (Fsp3) is 0.500. The van der Waals surface area contributed by atoms with Crippen molar-refractivity contribution >= 4 is 51.3 Å². The maximum Gasteiger partial charge on any atom is 0.410 e. The molecular weight excluding hydrogens is 484 g/mol. The topological polar surface area (TPSA) is 38.8 Å². The first kappa shape index (κ1) is 16.3. The van der Waals surface area contributed by atoms with E-state index in [0.29, 0.717) is 19.7 Å². The van der Waals surface area contributed by atoms with Crippen LogP contribution in [0.2, 0.25) is 0 Å². The number of alkyl halides is 2. The van der Waals surface area contributed by atoms with E-state index in [1.165, 1.54) is 0 Å². The monoisotopic (exact) mass is 501 g/mol. The predicted molar refractivity (Wildman–Crippen MR) is 94.6 cm³/mol. The molecule has 4 nitrogen and oxygen atoms in total. The molecule has 1 saturated heterocycles. The van der Waals surface area contributed by atoms with Crippen LogP contribution in [0.4, 0.5) is 4.79 Å². The summed E-state index contributed by atoms with van der Waals surface area (Å²) in [5.41, 5.74) is 1.00. The smallest absolute Gasteiger partial charge is 0.410 e. The van der Waals surface area contributed by atoms with Crippen LogP contribution < -0.4 is 0 Å². The minimum atomic E-state index is -0.248. The Morgan fingerprint density at radius 1 is 1.20 bits per heavy atom. The third-order valence-electron chi connectivity index (χ3n) is 3.04. The predicted octanol–water partition coefficient (Wildman–Crippen LogP) is 3.26. The number of hydrogen-bond acceptors (Lipinski definition) is 3. The number of rotatable bonds is 4. The van der Waals surface area contributed by atoms with Crippen molar-refractivity contribution in [1.82, 2.24) is 4.90 Å². The Bertz CT molecular complexity index is 418. The van der Waals surface area contributed by atoms with Gasteiger partial charge in [-0.05, 0) is 5.56 Å². The van der Waals surface area contributed by atoms with Gasteiger partial charge in [0, 0.05) is 8.86 Å². The number of carbonyl (C=O) groups excluding carboxylic acids is 1. The molecule has 0 N–H and O–H groups in total. The average Bonchev–Trinajstić information content (AvgIpc) is 2.52. The normalized spacial score (nSPS) is 22.6. The van der Waals surface area contributed by atoms with E-state index in [-0.39, 0.29) is 18.3 Å². The summed E-state index contributed by atoms with van der Waals surface area (Å²) in [6, 6.07) is 9.73. The van der Waals surface area contributed by atoms with Gasteiger partial charge in [-0.1, -0.05) is 75.5 Å². The van der Waals surface area contributed by atoms with E-state index < -0.39 is 0 Å². The Hall–Kier alpha value is -0.0900. The van der Waals surface area contributed by atoms with Crippen molar-refractivity contribution in [2.75, 3.05) is 21.9 Å². The summed E-state index contributed by atoms with van der Waals surface area (Å²) >= 11 is 4.58. The summed E-state index contributed by atoms with van der Waals surface area (Å²) in [7, 11) is 0. The van der Waals surface area contributed by atoms with Gasteiger partial charge in [-0.3, -0.25) is 0 Å². The highest BCUT2D eigenvalue weighted by Gasteiger charge is 2.30. The van der Waals surface area contributed by atoms with Crippen LogP contribution in [0.1, 0.15) is 5.56 Å². The molecule has 2 atom stereocenters. The van der Waals surface area contributed by atoms with Crippen molar-refractivity contribution in [3.05, 3.63) is 35.9 Å². The van der Waals surface area contributed by atoms with Crippen molar-refractivity contribution in [3.63, 3.8) is 0 Å². The molecule has 0 aliphatic carbocycles. The summed E-state index contributed by atoms with van der Waals surface area (Å²) in [5, 5.41) is 0. The van der Waals surface area contributed by atoms with E-state index in [1.807, 2.05) is 30.3 Å². The Morgan fingerprint density at radius 2 is 1.80 bits per heavy atom. The molecule has 1 aromatic rings. The Labute approximate surface area is 146 Å². The summed E-state index contributed by atoms with van der Waals surface area (Å²) in [5.74, 6) is 0. The van der Waals surface area contributed by atoms with Gasteiger partial charge in [0.1, 0.15) is 6.61 Å². The molecule has 1 aromatic carbocycles. The van der Waals surface area contributed by atoms with Crippen molar-refractivity contribution in [1.29, 1.82) is 0 Å². The Morgan fingerprint density at radius 3 is 2.35 bits per heavy atom. The molecule has 1 aliphatic rings. The lowest BCUT2D eigenvalue weighted by atomic mass is 10.2. The molecule has 0 saturated carbocycles. The largest absolute Gasteiger partial charge is 0.445 e. The van der Waals surface area contributed by atoms with Gasteiger partial charge in [0.2, 0.25) is 0 Å².